The third-order valence-electron chi connectivity index (χ3n) is 2.30. The van der Waals surface area contributed by atoms with Gasteiger partial charge in [-0.15, -0.1) is 0 Å². The van der Waals surface area contributed by atoms with Crippen molar-refractivity contribution in [2.24, 2.45) is 5.73 Å². The maximum atomic E-state index is 9.37. The Morgan fingerprint density at radius 2 is 1.28 bits per heavy atom. The van der Waals surface area contributed by atoms with Crippen LogP contribution in [0.25, 0.3) is 0 Å². The number of benzene rings is 2. The maximum absolute atomic E-state index is 9.37. The topological polar surface area (TPSA) is 52.3 Å². The minimum atomic E-state index is -0.745. The number of methoxy groups -OCH3 is 1. The van der Waals surface area contributed by atoms with Gasteiger partial charge in [0, 0.05) is 0 Å². The van der Waals surface area contributed by atoms with Crippen LogP contribution in [0.2, 0.25) is 0 Å². The van der Waals surface area contributed by atoms with E-state index >= 15 is 0 Å². The fourth-order valence-electron chi connectivity index (χ4n) is 1.43. The maximum Gasteiger partial charge on any atom is 0.404 e. The summed E-state index contributed by atoms with van der Waals surface area (Å²) in [5.74, 6) is 0. The molecule has 3 heteroatoms. The van der Waals surface area contributed by atoms with E-state index in [0.29, 0.717) is 0 Å². The summed E-state index contributed by atoms with van der Waals surface area (Å²) < 4.78 is 3.89. The quantitative estimate of drug-likeness (QED) is 0.881. The minimum absolute atomic E-state index is 0.745. The van der Waals surface area contributed by atoms with E-state index in [9.17, 15) is 4.79 Å². The van der Waals surface area contributed by atoms with Crippen molar-refractivity contribution in [3.8, 4) is 0 Å². The number of primary amides is 1. The first-order valence-electron chi connectivity index (χ1n) is 5.63. The molecular formula is C15H17NO2. The Balaban J connectivity index is 0.000000280. The van der Waals surface area contributed by atoms with Gasteiger partial charge in [-0.1, -0.05) is 60.7 Å². The number of amides is 1. The summed E-state index contributed by atoms with van der Waals surface area (Å²) in [7, 11) is 1.22. The van der Waals surface area contributed by atoms with E-state index in [0.717, 1.165) is 6.42 Å². The Morgan fingerprint density at radius 1 is 0.944 bits per heavy atom. The Bertz CT molecular complexity index is 417. The Hall–Kier alpha value is -2.29. The van der Waals surface area contributed by atoms with Gasteiger partial charge in [0.1, 0.15) is 0 Å². The van der Waals surface area contributed by atoms with Gasteiger partial charge in [-0.25, -0.2) is 4.79 Å². The van der Waals surface area contributed by atoms with Gasteiger partial charge in [-0.2, -0.15) is 0 Å². The molecule has 2 N–H and O–H groups in total. The molecule has 0 bridgehead atoms. The summed E-state index contributed by atoms with van der Waals surface area (Å²) in [6.07, 6.45) is 0.284. The molecule has 0 aliphatic carbocycles. The van der Waals surface area contributed by atoms with Crippen molar-refractivity contribution in [3.05, 3.63) is 71.8 Å². The molecule has 0 fully saturated rings. The van der Waals surface area contributed by atoms with Crippen LogP contribution in [0.5, 0.6) is 0 Å². The van der Waals surface area contributed by atoms with E-state index in [1.54, 1.807) is 0 Å². The lowest BCUT2D eigenvalue weighted by Crippen LogP contribution is -2.08. The van der Waals surface area contributed by atoms with Crippen LogP contribution in [0.15, 0.2) is 60.7 Å². The molecule has 0 aliphatic rings. The highest BCUT2D eigenvalue weighted by atomic mass is 16.5. The molecule has 94 valence electrons. The smallest absolute Gasteiger partial charge is 0.404 e. The van der Waals surface area contributed by atoms with Gasteiger partial charge in [0.25, 0.3) is 0 Å². The third-order valence-corrected chi connectivity index (χ3v) is 2.30. The van der Waals surface area contributed by atoms with Crippen molar-refractivity contribution in [3.63, 3.8) is 0 Å². The van der Waals surface area contributed by atoms with Crippen molar-refractivity contribution in [2.45, 2.75) is 6.42 Å². The molecule has 0 aromatic heterocycles. The number of hydrogen-bond donors (Lipinski definition) is 1. The van der Waals surface area contributed by atoms with Crippen molar-refractivity contribution in [2.75, 3.05) is 7.11 Å². The summed E-state index contributed by atoms with van der Waals surface area (Å²) >= 11 is 0. The first-order valence-corrected chi connectivity index (χ1v) is 5.63. The molecule has 0 radical (unpaired) electrons. The first kappa shape index (κ1) is 13.8. The predicted molar refractivity (Wildman–Crippen MR) is 72.3 cm³/mol. The molecule has 3 nitrogen and oxygen atoms in total. The lowest BCUT2D eigenvalue weighted by molar-refractivity contribution is 0.182. The van der Waals surface area contributed by atoms with E-state index in [1.807, 2.05) is 0 Å². The van der Waals surface area contributed by atoms with Crippen molar-refractivity contribution in [1.29, 1.82) is 0 Å². The Kier molecular flexibility index (Phi) is 6.04. The molecule has 0 saturated carbocycles. The molecule has 18 heavy (non-hydrogen) atoms. The van der Waals surface area contributed by atoms with E-state index in [4.69, 9.17) is 0 Å². The van der Waals surface area contributed by atoms with Crippen LogP contribution < -0.4 is 5.73 Å². The number of hydrogen-bond acceptors (Lipinski definition) is 2. The van der Waals surface area contributed by atoms with E-state index < -0.39 is 6.09 Å². The predicted octanol–water partition coefficient (Wildman–Crippen LogP) is 2.99. The van der Waals surface area contributed by atoms with Gasteiger partial charge < -0.3 is 10.5 Å². The van der Waals surface area contributed by atoms with Crippen LogP contribution in [0.4, 0.5) is 4.79 Å². The van der Waals surface area contributed by atoms with Crippen LogP contribution in [0, 0.1) is 0 Å². The second-order valence-corrected chi connectivity index (χ2v) is 3.67. The fourth-order valence-corrected chi connectivity index (χ4v) is 1.43. The SMILES string of the molecule is COC(N)=O.c1ccc(Cc2ccccc2)cc1. The van der Waals surface area contributed by atoms with Crippen LogP contribution in [0.1, 0.15) is 11.1 Å². The molecule has 0 aliphatic heterocycles. The molecule has 0 spiro atoms. The van der Waals surface area contributed by atoms with Crippen LogP contribution >= 0.6 is 0 Å². The third kappa shape index (κ3) is 5.70. The molecule has 2 aromatic carbocycles. The molecule has 2 rings (SSSR count). The lowest BCUT2D eigenvalue weighted by Gasteiger charge is -2.00. The summed E-state index contributed by atoms with van der Waals surface area (Å²) in [4.78, 5) is 9.37. The Morgan fingerprint density at radius 3 is 1.56 bits per heavy atom. The largest absolute Gasteiger partial charge is 0.453 e. The van der Waals surface area contributed by atoms with Gasteiger partial charge in [-0.05, 0) is 17.5 Å². The molecule has 2 aromatic rings. The summed E-state index contributed by atoms with van der Waals surface area (Å²) in [6.45, 7) is 0. The normalized spacial score (nSPS) is 8.94. The highest BCUT2D eigenvalue weighted by molar-refractivity contribution is 5.64. The highest BCUT2D eigenvalue weighted by Crippen LogP contribution is 2.07. The number of carbonyl (C=O) groups excluding carboxylic acids is 1. The monoisotopic (exact) mass is 243 g/mol. The summed E-state index contributed by atoms with van der Waals surface area (Å²) in [5, 5.41) is 0. The van der Waals surface area contributed by atoms with Gasteiger partial charge in [0.05, 0.1) is 7.11 Å². The molecule has 0 unspecified atom stereocenters. The number of nitrogens with two attached hydrogens (primary N) is 1. The zero-order valence-electron chi connectivity index (χ0n) is 10.4. The summed E-state index contributed by atoms with van der Waals surface area (Å²) in [6, 6.07) is 21.1. The average molecular weight is 243 g/mol. The van der Waals surface area contributed by atoms with Gasteiger partial charge in [-0.3, -0.25) is 0 Å². The Labute approximate surface area is 107 Å². The average Bonchev–Trinajstić information content (AvgIpc) is 2.42. The van der Waals surface area contributed by atoms with Crippen LogP contribution in [0.3, 0.4) is 0 Å². The van der Waals surface area contributed by atoms with Gasteiger partial charge >= 0.3 is 6.09 Å². The minimum Gasteiger partial charge on any atom is -0.453 e. The summed E-state index contributed by atoms with van der Waals surface area (Å²) in [5.41, 5.74) is 7.17. The molecule has 1 amide bonds. The fraction of sp³-hybridized carbons (Fsp3) is 0.133. The highest BCUT2D eigenvalue weighted by Gasteiger charge is 1.92. The first-order chi connectivity index (χ1) is 8.72. The lowest BCUT2D eigenvalue weighted by atomic mass is 10.1. The number of rotatable bonds is 2. The van der Waals surface area contributed by atoms with Crippen molar-refractivity contribution in [1.82, 2.24) is 0 Å². The zero-order chi connectivity index (χ0) is 13.2. The second kappa shape index (κ2) is 7.90. The standard InChI is InChI=1S/C13H12.C2H5NO2/c1-3-7-12(8-4-1)11-13-9-5-2-6-10-13;1-5-2(3)4/h1-10H,11H2;1H3,(H2,3,4). The van der Waals surface area contributed by atoms with Crippen LogP contribution in [-0.4, -0.2) is 13.2 Å². The second-order valence-electron chi connectivity index (χ2n) is 3.67. The molecule has 0 heterocycles. The zero-order valence-corrected chi connectivity index (χ0v) is 10.4. The molecule has 0 saturated heterocycles. The number of ether oxygens (including phenoxy) is 1. The van der Waals surface area contributed by atoms with E-state index in [1.165, 1.54) is 18.2 Å². The number of carbonyl (C=O) groups is 1. The van der Waals surface area contributed by atoms with Gasteiger partial charge in [0.2, 0.25) is 0 Å². The molecular weight excluding hydrogens is 226 g/mol. The van der Waals surface area contributed by atoms with Crippen LogP contribution in [-0.2, 0) is 11.2 Å². The van der Waals surface area contributed by atoms with Gasteiger partial charge in [0.15, 0.2) is 0 Å². The molecule has 0 atom stereocenters. The van der Waals surface area contributed by atoms with Crippen molar-refractivity contribution < 1.29 is 9.53 Å². The van der Waals surface area contributed by atoms with E-state index in [-0.39, 0.29) is 0 Å². The van der Waals surface area contributed by atoms with Crippen molar-refractivity contribution >= 4 is 6.09 Å². The van der Waals surface area contributed by atoms with E-state index in [2.05, 4.69) is 71.1 Å².